The monoisotopic (exact) mass is 368 g/mol. The average molecular weight is 368 g/mol. The van der Waals surface area contributed by atoms with Gasteiger partial charge in [-0.3, -0.25) is 0 Å². The lowest BCUT2D eigenvalue weighted by molar-refractivity contribution is 0.0981. The van der Waals surface area contributed by atoms with Crippen molar-refractivity contribution in [1.82, 2.24) is 25.3 Å². The van der Waals surface area contributed by atoms with Crippen molar-refractivity contribution in [3.05, 3.63) is 18.0 Å². The van der Waals surface area contributed by atoms with Crippen molar-refractivity contribution in [2.24, 2.45) is 0 Å². The third-order valence-corrected chi connectivity index (χ3v) is 5.62. The van der Waals surface area contributed by atoms with Crippen LogP contribution in [0.1, 0.15) is 12.5 Å². The molecule has 0 aliphatic carbocycles. The second-order valence-electron chi connectivity index (χ2n) is 7.38. The summed E-state index contributed by atoms with van der Waals surface area (Å²) in [4.78, 5) is 23.0. The number of nitrogens with one attached hydrogen (secondary N) is 1. The molecule has 0 bridgehead atoms. The van der Waals surface area contributed by atoms with E-state index in [0.717, 1.165) is 55.6 Å². The zero-order valence-electron chi connectivity index (χ0n) is 15.4. The Morgan fingerprint density at radius 3 is 2.67 bits per heavy atom. The molecule has 5 heterocycles. The number of hydrogen-bond donors (Lipinski definition) is 2. The van der Waals surface area contributed by atoms with Crippen LogP contribution in [0.25, 0.3) is 11.3 Å². The summed E-state index contributed by atoms with van der Waals surface area (Å²) in [6.07, 6.45) is 4.44. The molecule has 2 fully saturated rings. The molecule has 3 aliphatic rings. The van der Waals surface area contributed by atoms with E-state index in [2.05, 4.69) is 32.0 Å². The highest BCUT2D eigenvalue weighted by Gasteiger charge is 2.35. The Kier molecular flexibility index (Phi) is 4.05. The molecule has 1 unspecified atom stereocenters. The maximum atomic E-state index is 5.68. The standard InChI is InChI=1S/C18H24N8O/c1-11-10-27-5-4-25(11)18-23-15(12-6-21-17(19)22-7-12)14-2-3-26(16(14)24-18)13-8-20-9-13/h6-7,11,13,20H,2-5,8-10H2,1H3,(H2,19,21,22). The SMILES string of the molecule is CC1COCCN1c1nc(-c2cnc(N)nc2)c2c(n1)N(C1CNC1)CC2. The van der Waals surface area contributed by atoms with E-state index in [1.807, 2.05) is 0 Å². The van der Waals surface area contributed by atoms with E-state index in [1.165, 1.54) is 5.56 Å². The number of ether oxygens (including phenoxy) is 1. The largest absolute Gasteiger partial charge is 0.377 e. The molecule has 27 heavy (non-hydrogen) atoms. The zero-order valence-corrected chi connectivity index (χ0v) is 15.4. The number of aromatic nitrogens is 4. The van der Waals surface area contributed by atoms with Crippen molar-refractivity contribution in [1.29, 1.82) is 0 Å². The molecule has 5 rings (SSSR count). The van der Waals surface area contributed by atoms with Crippen LogP contribution in [0.15, 0.2) is 12.4 Å². The van der Waals surface area contributed by atoms with Gasteiger partial charge in [0.05, 0.1) is 31.0 Å². The summed E-state index contributed by atoms with van der Waals surface area (Å²) in [5.41, 5.74) is 8.67. The van der Waals surface area contributed by atoms with E-state index in [0.29, 0.717) is 19.3 Å². The van der Waals surface area contributed by atoms with Crippen LogP contribution in [0.5, 0.6) is 0 Å². The topological polar surface area (TPSA) is 105 Å². The third kappa shape index (κ3) is 2.87. The van der Waals surface area contributed by atoms with Gasteiger partial charge in [0.15, 0.2) is 0 Å². The molecular formula is C18H24N8O. The van der Waals surface area contributed by atoms with E-state index < -0.39 is 0 Å². The van der Waals surface area contributed by atoms with E-state index in [9.17, 15) is 0 Å². The number of rotatable bonds is 3. The first-order chi connectivity index (χ1) is 13.2. The lowest BCUT2D eigenvalue weighted by Gasteiger charge is -2.38. The molecule has 142 valence electrons. The van der Waals surface area contributed by atoms with Gasteiger partial charge in [-0.2, -0.15) is 4.98 Å². The minimum absolute atomic E-state index is 0.243. The molecule has 1 atom stereocenters. The highest BCUT2D eigenvalue weighted by atomic mass is 16.5. The molecule has 3 N–H and O–H groups in total. The van der Waals surface area contributed by atoms with Crippen LogP contribution in [-0.4, -0.2) is 71.4 Å². The average Bonchev–Trinajstić information content (AvgIpc) is 3.04. The Balaban J connectivity index is 1.62. The van der Waals surface area contributed by atoms with Gasteiger partial charge < -0.3 is 25.6 Å². The van der Waals surface area contributed by atoms with Crippen LogP contribution in [0.3, 0.4) is 0 Å². The van der Waals surface area contributed by atoms with Gasteiger partial charge in [0, 0.05) is 49.7 Å². The first-order valence-corrected chi connectivity index (χ1v) is 9.51. The Labute approximate surface area is 158 Å². The zero-order chi connectivity index (χ0) is 18.4. The summed E-state index contributed by atoms with van der Waals surface area (Å²) in [5, 5.41) is 3.36. The van der Waals surface area contributed by atoms with Crippen LogP contribution >= 0.6 is 0 Å². The number of nitrogens with zero attached hydrogens (tertiary/aromatic N) is 6. The molecule has 2 aromatic rings. The molecule has 9 heteroatoms. The van der Waals surface area contributed by atoms with Crippen molar-refractivity contribution >= 4 is 17.7 Å². The Morgan fingerprint density at radius 1 is 1.15 bits per heavy atom. The van der Waals surface area contributed by atoms with Crippen molar-refractivity contribution in [3.8, 4) is 11.3 Å². The van der Waals surface area contributed by atoms with Crippen LogP contribution in [-0.2, 0) is 11.2 Å². The van der Waals surface area contributed by atoms with Gasteiger partial charge in [0.2, 0.25) is 11.9 Å². The molecule has 0 spiro atoms. The Bertz CT molecular complexity index is 838. The van der Waals surface area contributed by atoms with Crippen LogP contribution in [0, 0.1) is 0 Å². The van der Waals surface area contributed by atoms with Gasteiger partial charge in [0.25, 0.3) is 0 Å². The molecule has 0 saturated carbocycles. The number of nitrogen functional groups attached to an aromatic ring is 1. The van der Waals surface area contributed by atoms with E-state index >= 15 is 0 Å². The van der Waals surface area contributed by atoms with E-state index in [-0.39, 0.29) is 12.0 Å². The predicted molar refractivity (Wildman–Crippen MR) is 103 cm³/mol. The highest BCUT2D eigenvalue weighted by Crippen LogP contribution is 2.37. The van der Waals surface area contributed by atoms with Crippen molar-refractivity contribution in [3.63, 3.8) is 0 Å². The summed E-state index contributed by atoms with van der Waals surface area (Å²) >= 11 is 0. The maximum absolute atomic E-state index is 5.68. The minimum atomic E-state index is 0.243. The smallest absolute Gasteiger partial charge is 0.228 e. The van der Waals surface area contributed by atoms with Crippen LogP contribution in [0.4, 0.5) is 17.7 Å². The summed E-state index contributed by atoms with van der Waals surface area (Å²) in [6, 6.07) is 0.749. The van der Waals surface area contributed by atoms with Gasteiger partial charge in [0.1, 0.15) is 5.82 Å². The molecule has 0 radical (unpaired) electrons. The maximum Gasteiger partial charge on any atom is 0.228 e. The van der Waals surface area contributed by atoms with Gasteiger partial charge in [-0.15, -0.1) is 0 Å². The molecular weight excluding hydrogens is 344 g/mol. The second-order valence-corrected chi connectivity index (χ2v) is 7.38. The number of morpholine rings is 1. The predicted octanol–water partition coefficient (Wildman–Crippen LogP) is 0.0752. The van der Waals surface area contributed by atoms with Gasteiger partial charge >= 0.3 is 0 Å². The van der Waals surface area contributed by atoms with Crippen molar-refractivity contribution < 1.29 is 4.74 Å². The molecule has 3 aliphatic heterocycles. The molecule has 0 amide bonds. The third-order valence-electron chi connectivity index (χ3n) is 5.62. The molecule has 9 nitrogen and oxygen atoms in total. The molecule has 2 saturated heterocycles. The summed E-state index contributed by atoms with van der Waals surface area (Å²) in [6.45, 7) is 7.32. The number of hydrogen-bond acceptors (Lipinski definition) is 9. The van der Waals surface area contributed by atoms with E-state index in [4.69, 9.17) is 20.4 Å². The first kappa shape index (κ1) is 16.6. The van der Waals surface area contributed by atoms with Gasteiger partial charge in [-0.25, -0.2) is 15.0 Å². The molecule has 0 aromatic carbocycles. The number of nitrogens with two attached hydrogens (primary N) is 1. The number of anilines is 3. The summed E-state index contributed by atoms with van der Waals surface area (Å²) < 4.78 is 5.59. The van der Waals surface area contributed by atoms with Crippen molar-refractivity contribution in [2.75, 3.05) is 54.9 Å². The molecule has 2 aromatic heterocycles. The fraction of sp³-hybridized carbons (Fsp3) is 0.556. The normalized spacial score (nSPS) is 22.6. The lowest BCUT2D eigenvalue weighted by atomic mass is 10.1. The van der Waals surface area contributed by atoms with Crippen LogP contribution < -0.4 is 20.9 Å². The van der Waals surface area contributed by atoms with E-state index in [1.54, 1.807) is 12.4 Å². The van der Waals surface area contributed by atoms with Crippen LogP contribution in [0.2, 0.25) is 0 Å². The fourth-order valence-electron chi connectivity index (χ4n) is 3.97. The first-order valence-electron chi connectivity index (χ1n) is 9.51. The minimum Gasteiger partial charge on any atom is -0.377 e. The Hall–Kier alpha value is -2.52. The Morgan fingerprint density at radius 2 is 1.96 bits per heavy atom. The second kappa shape index (κ2) is 6.58. The quantitative estimate of drug-likeness (QED) is 0.779. The van der Waals surface area contributed by atoms with Crippen molar-refractivity contribution in [2.45, 2.75) is 25.4 Å². The van der Waals surface area contributed by atoms with Gasteiger partial charge in [-0.1, -0.05) is 0 Å². The fourth-order valence-corrected chi connectivity index (χ4v) is 3.97. The number of fused-ring (bicyclic) bond motifs is 1. The highest BCUT2D eigenvalue weighted by molar-refractivity contribution is 5.72. The van der Waals surface area contributed by atoms with Gasteiger partial charge in [-0.05, 0) is 13.3 Å². The lowest BCUT2D eigenvalue weighted by Crippen LogP contribution is -2.57. The summed E-state index contributed by atoms with van der Waals surface area (Å²) in [5.74, 6) is 2.08. The summed E-state index contributed by atoms with van der Waals surface area (Å²) in [7, 11) is 0.